The van der Waals surface area contributed by atoms with E-state index in [1.807, 2.05) is 0 Å². The minimum Gasteiger partial charge on any atom is -0.355 e. The summed E-state index contributed by atoms with van der Waals surface area (Å²) < 4.78 is 38.0. The minimum absolute atomic E-state index is 0.0433. The topological polar surface area (TPSA) is 29.0 Å². The fraction of sp³-hybridized carbons (Fsp3) is 0.636. The zero-order valence-corrected chi connectivity index (χ0v) is 10.4. The number of anilines is 1. The van der Waals surface area contributed by atoms with Crippen molar-refractivity contribution in [2.75, 3.05) is 18.0 Å². The largest absolute Gasteiger partial charge is 0.393 e. The number of nitrogens with zero attached hydrogens (tertiary/aromatic N) is 3. The van der Waals surface area contributed by atoms with E-state index in [0.717, 1.165) is 0 Å². The van der Waals surface area contributed by atoms with Gasteiger partial charge in [0, 0.05) is 13.1 Å². The molecule has 0 spiro atoms. The van der Waals surface area contributed by atoms with Crippen LogP contribution in [0.5, 0.6) is 0 Å². The first-order chi connectivity index (χ1) is 8.50. The number of aromatic nitrogens is 2. The van der Waals surface area contributed by atoms with Gasteiger partial charge in [0.25, 0.3) is 0 Å². The zero-order valence-electron chi connectivity index (χ0n) is 9.62. The third-order valence-corrected chi connectivity index (χ3v) is 3.31. The minimum atomic E-state index is -4.14. The Balaban J connectivity index is 2.08. The van der Waals surface area contributed by atoms with Crippen molar-refractivity contribution in [2.24, 2.45) is 5.92 Å². The molecule has 1 aromatic rings. The molecular weight excluding hydrogens is 267 g/mol. The van der Waals surface area contributed by atoms with E-state index in [1.165, 1.54) is 12.4 Å². The van der Waals surface area contributed by atoms with Gasteiger partial charge in [-0.15, -0.1) is 11.6 Å². The van der Waals surface area contributed by atoms with Crippen LogP contribution >= 0.6 is 11.6 Å². The van der Waals surface area contributed by atoms with Crippen molar-refractivity contribution in [2.45, 2.75) is 24.9 Å². The normalized spacial score (nSPS) is 21.1. The van der Waals surface area contributed by atoms with Gasteiger partial charge in [0.1, 0.15) is 5.82 Å². The molecule has 100 valence electrons. The molecular formula is C11H13ClF3N3. The molecule has 2 heterocycles. The maximum atomic E-state index is 12.7. The Bertz CT molecular complexity index is 394. The van der Waals surface area contributed by atoms with Gasteiger partial charge in [-0.25, -0.2) is 4.98 Å². The summed E-state index contributed by atoms with van der Waals surface area (Å²) in [6, 6.07) is 0. The molecule has 7 heteroatoms. The van der Waals surface area contributed by atoms with Gasteiger partial charge in [0.05, 0.1) is 29.9 Å². The summed E-state index contributed by atoms with van der Waals surface area (Å²) in [4.78, 5) is 9.78. The molecule has 1 aliphatic rings. The molecule has 1 unspecified atom stereocenters. The molecule has 1 saturated heterocycles. The first-order valence-corrected chi connectivity index (χ1v) is 6.22. The van der Waals surface area contributed by atoms with E-state index in [-0.39, 0.29) is 18.8 Å². The van der Waals surface area contributed by atoms with Crippen LogP contribution < -0.4 is 4.90 Å². The molecule has 0 radical (unpaired) electrons. The molecule has 1 aliphatic heterocycles. The average Bonchev–Trinajstić information content (AvgIpc) is 2.38. The van der Waals surface area contributed by atoms with E-state index >= 15 is 0 Å². The van der Waals surface area contributed by atoms with Crippen LogP contribution in [-0.4, -0.2) is 29.2 Å². The number of hydrogen-bond donors (Lipinski definition) is 0. The maximum absolute atomic E-state index is 12.7. The van der Waals surface area contributed by atoms with Crippen molar-refractivity contribution in [3.63, 3.8) is 0 Å². The molecule has 1 fully saturated rings. The highest BCUT2D eigenvalue weighted by atomic mass is 35.5. The fourth-order valence-corrected chi connectivity index (χ4v) is 2.17. The molecule has 1 atom stereocenters. The first-order valence-electron chi connectivity index (χ1n) is 5.69. The lowest BCUT2D eigenvalue weighted by Crippen LogP contribution is -2.42. The molecule has 0 saturated carbocycles. The van der Waals surface area contributed by atoms with E-state index in [0.29, 0.717) is 24.5 Å². The molecule has 0 bridgehead atoms. The van der Waals surface area contributed by atoms with Crippen LogP contribution in [0.25, 0.3) is 0 Å². The van der Waals surface area contributed by atoms with Crippen LogP contribution in [0, 0.1) is 5.92 Å². The van der Waals surface area contributed by atoms with Crippen molar-refractivity contribution in [1.82, 2.24) is 9.97 Å². The van der Waals surface area contributed by atoms with E-state index < -0.39 is 12.1 Å². The Kier molecular flexibility index (Phi) is 3.94. The van der Waals surface area contributed by atoms with Crippen molar-refractivity contribution in [3.8, 4) is 0 Å². The first kappa shape index (κ1) is 13.4. The lowest BCUT2D eigenvalue weighted by Gasteiger charge is -2.34. The van der Waals surface area contributed by atoms with Crippen molar-refractivity contribution < 1.29 is 13.2 Å². The van der Waals surface area contributed by atoms with Crippen LogP contribution in [-0.2, 0) is 5.88 Å². The van der Waals surface area contributed by atoms with Gasteiger partial charge in [0.2, 0.25) is 0 Å². The second-order valence-electron chi connectivity index (χ2n) is 4.33. The monoisotopic (exact) mass is 279 g/mol. The number of halogens is 4. The molecule has 0 aromatic carbocycles. The third kappa shape index (κ3) is 3.04. The fourth-order valence-electron chi connectivity index (χ4n) is 2.03. The smallest absolute Gasteiger partial charge is 0.355 e. The zero-order chi connectivity index (χ0) is 13.2. The Labute approximate surface area is 108 Å². The number of hydrogen-bond acceptors (Lipinski definition) is 3. The van der Waals surface area contributed by atoms with Crippen LogP contribution in [0.3, 0.4) is 0 Å². The van der Waals surface area contributed by atoms with E-state index in [4.69, 9.17) is 11.6 Å². The highest BCUT2D eigenvalue weighted by Gasteiger charge is 2.42. The van der Waals surface area contributed by atoms with Crippen molar-refractivity contribution >= 4 is 17.4 Å². The quantitative estimate of drug-likeness (QED) is 0.779. The van der Waals surface area contributed by atoms with Crippen LogP contribution in [0.15, 0.2) is 12.4 Å². The highest BCUT2D eigenvalue weighted by molar-refractivity contribution is 6.16. The predicted molar refractivity (Wildman–Crippen MR) is 62.6 cm³/mol. The Hall–Kier alpha value is -1.04. The standard InChI is InChI=1S/C11H13ClF3N3/c12-4-9-5-17-10(6-16-9)18-3-1-2-8(7-18)11(13,14)15/h5-6,8H,1-4,7H2. The van der Waals surface area contributed by atoms with E-state index in [1.54, 1.807) is 4.90 Å². The van der Waals surface area contributed by atoms with Crippen molar-refractivity contribution in [1.29, 1.82) is 0 Å². The molecule has 18 heavy (non-hydrogen) atoms. The van der Waals surface area contributed by atoms with Gasteiger partial charge in [0.15, 0.2) is 0 Å². The second-order valence-corrected chi connectivity index (χ2v) is 4.59. The lowest BCUT2D eigenvalue weighted by atomic mass is 9.97. The average molecular weight is 280 g/mol. The molecule has 2 rings (SSSR count). The summed E-state index contributed by atoms with van der Waals surface area (Å²) in [5.41, 5.74) is 0.616. The summed E-state index contributed by atoms with van der Waals surface area (Å²) in [7, 11) is 0. The number of alkyl halides is 4. The van der Waals surface area contributed by atoms with Gasteiger partial charge < -0.3 is 4.90 Å². The molecule has 0 amide bonds. The maximum Gasteiger partial charge on any atom is 0.393 e. The Morgan fingerprint density at radius 1 is 1.33 bits per heavy atom. The third-order valence-electron chi connectivity index (χ3n) is 3.04. The van der Waals surface area contributed by atoms with Crippen molar-refractivity contribution in [3.05, 3.63) is 18.1 Å². The van der Waals surface area contributed by atoms with Gasteiger partial charge in [-0.05, 0) is 12.8 Å². The van der Waals surface area contributed by atoms with Gasteiger partial charge >= 0.3 is 6.18 Å². The Morgan fingerprint density at radius 3 is 2.67 bits per heavy atom. The Morgan fingerprint density at radius 2 is 2.11 bits per heavy atom. The van der Waals surface area contributed by atoms with E-state index in [2.05, 4.69) is 9.97 Å². The summed E-state index contributed by atoms with van der Waals surface area (Å²) >= 11 is 5.58. The second kappa shape index (κ2) is 5.30. The highest BCUT2D eigenvalue weighted by Crippen LogP contribution is 2.34. The lowest BCUT2D eigenvalue weighted by molar-refractivity contribution is -0.176. The molecule has 0 aliphatic carbocycles. The summed E-state index contributed by atoms with van der Waals surface area (Å²) in [5, 5.41) is 0. The van der Waals surface area contributed by atoms with Crippen LogP contribution in [0.4, 0.5) is 19.0 Å². The van der Waals surface area contributed by atoms with Gasteiger partial charge in [-0.1, -0.05) is 0 Å². The van der Waals surface area contributed by atoms with Gasteiger partial charge in [-0.3, -0.25) is 4.98 Å². The number of piperidine rings is 1. The van der Waals surface area contributed by atoms with Gasteiger partial charge in [-0.2, -0.15) is 13.2 Å². The number of rotatable bonds is 2. The molecule has 1 aromatic heterocycles. The van der Waals surface area contributed by atoms with Crippen LogP contribution in [0.2, 0.25) is 0 Å². The van der Waals surface area contributed by atoms with E-state index in [9.17, 15) is 13.2 Å². The molecule has 0 N–H and O–H groups in total. The molecule has 3 nitrogen and oxygen atoms in total. The predicted octanol–water partition coefficient (Wildman–Crippen LogP) is 2.99. The summed E-state index contributed by atoms with van der Waals surface area (Å²) in [6.07, 6.45) is -0.450. The summed E-state index contributed by atoms with van der Waals surface area (Å²) in [5.74, 6) is -0.545. The SMILES string of the molecule is FC(F)(F)C1CCCN(c2cnc(CCl)cn2)C1. The van der Waals surface area contributed by atoms with Crippen LogP contribution in [0.1, 0.15) is 18.5 Å². The summed E-state index contributed by atoms with van der Waals surface area (Å²) in [6.45, 7) is 0.542.